The minimum Gasteiger partial charge on any atom is -0.492 e. The normalized spacial score (nSPS) is 18.6. The highest BCUT2D eigenvalue weighted by molar-refractivity contribution is 7.87. The standard InChI is InChI=1S/C20H26N2O10S2/c1-3-5-9-33(27,28)31-21-17(23)13-11-7-8-12(14(13)18(21)24)16-15(11)19(25)22(20(16)26)32-34(29,30)10-6-4-2/h7-8,11-12,23-26H,3-6,9-10H2,1-2H3. The third-order valence-electron chi connectivity index (χ3n) is 5.93. The summed E-state index contributed by atoms with van der Waals surface area (Å²) in [5, 5.41) is 43.0. The van der Waals surface area contributed by atoms with Crippen LogP contribution < -0.4 is 8.57 Å². The zero-order chi connectivity index (χ0) is 25.0. The van der Waals surface area contributed by atoms with E-state index in [0.717, 1.165) is 0 Å². The zero-order valence-corrected chi connectivity index (χ0v) is 20.1. The Morgan fingerprint density at radius 1 is 0.676 bits per heavy atom. The lowest BCUT2D eigenvalue weighted by molar-refractivity contribution is 0.199. The van der Waals surface area contributed by atoms with Crippen LogP contribution in [0.2, 0.25) is 0 Å². The van der Waals surface area contributed by atoms with Gasteiger partial charge in [-0.15, -0.1) is 0 Å². The van der Waals surface area contributed by atoms with E-state index in [1.807, 2.05) is 0 Å². The molecular formula is C20H26N2O10S2. The molecular weight excluding hydrogens is 492 g/mol. The fourth-order valence-corrected chi connectivity index (χ4v) is 6.50. The molecule has 0 spiro atoms. The zero-order valence-electron chi connectivity index (χ0n) is 18.5. The van der Waals surface area contributed by atoms with Gasteiger partial charge in [0, 0.05) is 34.1 Å². The maximum absolute atomic E-state index is 12.2. The number of aromatic nitrogens is 2. The van der Waals surface area contributed by atoms with Crippen molar-refractivity contribution in [1.82, 2.24) is 9.46 Å². The van der Waals surface area contributed by atoms with Gasteiger partial charge in [0.15, 0.2) is 0 Å². The van der Waals surface area contributed by atoms with Crippen LogP contribution in [-0.4, -0.2) is 58.2 Å². The predicted molar refractivity (Wildman–Crippen MR) is 119 cm³/mol. The van der Waals surface area contributed by atoms with Gasteiger partial charge >= 0.3 is 20.2 Å². The Morgan fingerprint density at radius 3 is 1.24 bits per heavy atom. The first-order chi connectivity index (χ1) is 15.9. The molecule has 0 fully saturated rings. The average Bonchev–Trinajstić information content (AvgIpc) is 3.19. The van der Waals surface area contributed by atoms with Crippen molar-refractivity contribution in [3.05, 3.63) is 34.4 Å². The van der Waals surface area contributed by atoms with E-state index in [1.165, 1.54) is 0 Å². The van der Waals surface area contributed by atoms with Crippen LogP contribution in [0.5, 0.6) is 23.5 Å². The minimum atomic E-state index is -4.13. The molecule has 5 rings (SSSR count). The third kappa shape index (κ3) is 3.74. The van der Waals surface area contributed by atoms with E-state index in [0.29, 0.717) is 35.1 Å². The molecule has 2 aromatic rings. The Morgan fingerprint density at radius 2 is 0.971 bits per heavy atom. The lowest BCUT2D eigenvalue weighted by Crippen LogP contribution is -2.22. The Balaban J connectivity index is 1.77. The number of hydrogen-bond acceptors (Lipinski definition) is 10. The van der Waals surface area contributed by atoms with Gasteiger partial charge in [-0.3, -0.25) is 8.57 Å². The summed E-state index contributed by atoms with van der Waals surface area (Å²) in [5.74, 6) is -5.32. The molecule has 3 aliphatic rings. The minimum absolute atomic E-state index is 0.0597. The van der Waals surface area contributed by atoms with Crippen LogP contribution in [0.25, 0.3) is 0 Å². The summed E-state index contributed by atoms with van der Waals surface area (Å²) in [6, 6.07) is 0. The molecule has 2 bridgehead atoms. The Hall–Kier alpha value is -3.00. The van der Waals surface area contributed by atoms with Gasteiger partial charge in [-0.2, -0.15) is 16.8 Å². The second-order valence-corrected chi connectivity index (χ2v) is 11.6. The van der Waals surface area contributed by atoms with Crippen LogP contribution in [0, 0.1) is 0 Å². The Bertz CT molecular complexity index is 1210. The summed E-state index contributed by atoms with van der Waals surface area (Å²) in [6.07, 6.45) is 4.94. The van der Waals surface area contributed by atoms with Gasteiger partial charge in [0.05, 0.1) is 11.5 Å². The lowest BCUT2D eigenvalue weighted by atomic mass is 9.70. The molecule has 0 aliphatic heterocycles. The number of hydrogen-bond donors (Lipinski definition) is 4. The van der Waals surface area contributed by atoms with Crippen molar-refractivity contribution in [3.8, 4) is 23.5 Å². The molecule has 0 saturated carbocycles. The number of aromatic hydroxyl groups is 4. The molecule has 34 heavy (non-hydrogen) atoms. The number of unbranched alkanes of at least 4 members (excludes halogenated alkanes) is 2. The summed E-state index contributed by atoms with van der Waals surface area (Å²) in [5.41, 5.74) is 0.239. The number of allylic oxidation sites excluding steroid dienone is 2. The van der Waals surface area contributed by atoms with Gasteiger partial charge < -0.3 is 20.4 Å². The van der Waals surface area contributed by atoms with Crippen molar-refractivity contribution >= 4 is 20.2 Å². The van der Waals surface area contributed by atoms with Gasteiger partial charge in [0.25, 0.3) is 0 Å². The number of nitrogens with zero attached hydrogens (tertiary/aromatic N) is 2. The molecule has 14 heteroatoms. The first-order valence-electron chi connectivity index (χ1n) is 10.8. The Kier molecular flexibility index (Phi) is 5.92. The Labute approximate surface area is 196 Å². The first-order valence-corrected chi connectivity index (χ1v) is 14.0. The summed E-state index contributed by atoms with van der Waals surface area (Å²) >= 11 is 0. The molecule has 0 unspecified atom stereocenters. The van der Waals surface area contributed by atoms with Gasteiger partial charge in [-0.1, -0.05) is 48.3 Å². The van der Waals surface area contributed by atoms with Crippen LogP contribution in [0.3, 0.4) is 0 Å². The van der Waals surface area contributed by atoms with Crippen LogP contribution >= 0.6 is 0 Å². The fraction of sp³-hybridized carbons (Fsp3) is 0.500. The topological polar surface area (TPSA) is 178 Å². The van der Waals surface area contributed by atoms with Crippen molar-refractivity contribution in [2.75, 3.05) is 11.5 Å². The largest absolute Gasteiger partial charge is 0.492 e. The molecule has 2 aromatic heterocycles. The first kappa shape index (κ1) is 24.1. The van der Waals surface area contributed by atoms with E-state index in [9.17, 15) is 37.3 Å². The highest BCUT2D eigenvalue weighted by Crippen LogP contribution is 2.60. The van der Waals surface area contributed by atoms with Crippen molar-refractivity contribution in [3.63, 3.8) is 0 Å². The van der Waals surface area contributed by atoms with Crippen LogP contribution in [0.15, 0.2) is 12.2 Å². The van der Waals surface area contributed by atoms with Crippen LogP contribution in [0.4, 0.5) is 0 Å². The second-order valence-electron chi connectivity index (χ2n) is 8.26. The van der Waals surface area contributed by atoms with Crippen molar-refractivity contribution in [1.29, 1.82) is 0 Å². The van der Waals surface area contributed by atoms with E-state index in [-0.39, 0.29) is 33.8 Å². The molecule has 188 valence electrons. The quantitative estimate of drug-likeness (QED) is 0.336. The monoisotopic (exact) mass is 518 g/mol. The molecule has 0 atom stereocenters. The van der Waals surface area contributed by atoms with Gasteiger partial charge in [0.2, 0.25) is 23.5 Å². The maximum Gasteiger partial charge on any atom is 0.327 e. The van der Waals surface area contributed by atoms with E-state index in [4.69, 9.17) is 8.57 Å². The molecule has 3 aliphatic carbocycles. The average molecular weight is 519 g/mol. The van der Waals surface area contributed by atoms with Crippen molar-refractivity contribution in [2.24, 2.45) is 0 Å². The van der Waals surface area contributed by atoms with E-state index in [2.05, 4.69) is 0 Å². The van der Waals surface area contributed by atoms with Gasteiger partial charge in [-0.05, 0) is 12.8 Å². The number of rotatable bonds is 10. The molecule has 0 saturated heterocycles. The van der Waals surface area contributed by atoms with E-state index in [1.54, 1.807) is 26.0 Å². The summed E-state index contributed by atoms with van der Waals surface area (Å²) in [7, 11) is -8.26. The molecule has 0 amide bonds. The maximum atomic E-state index is 12.2. The van der Waals surface area contributed by atoms with Crippen LogP contribution in [-0.2, 0) is 20.2 Å². The third-order valence-corrected chi connectivity index (χ3v) is 8.26. The molecule has 2 heterocycles. The summed E-state index contributed by atoms with van der Waals surface area (Å²) in [6.45, 7) is 3.59. The summed E-state index contributed by atoms with van der Waals surface area (Å²) in [4.78, 5) is 0. The van der Waals surface area contributed by atoms with Crippen LogP contribution in [0.1, 0.15) is 73.6 Å². The molecule has 12 nitrogen and oxygen atoms in total. The molecule has 0 radical (unpaired) electrons. The second kappa shape index (κ2) is 8.34. The molecule has 0 aromatic carbocycles. The van der Waals surface area contributed by atoms with Crippen molar-refractivity contribution < 1.29 is 45.8 Å². The van der Waals surface area contributed by atoms with Crippen molar-refractivity contribution in [2.45, 2.75) is 51.4 Å². The van der Waals surface area contributed by atoms with Gasteiger partial charge in [0.1, 0.15) is 0 Å². The predicted octanol–water partition coefficient (Wildman–Crippen LogP) is 1.38. The SMILES string of the molecule is CCCCS(=O)(=O)On1c(O)c2c(c1O)C1C=CC2c2c1c(O)n(OS(=O)(=O)CCCC)c2O. The highest BCUT2D eigenvalue weighted by atomic mass is 32.2. The highest BCUT2D eigenvalue weighted by Gasteiger charge is 2.48. The van der Waals surface area contributed by atoms with Gasteiger partial charge in [-0.25, -0.2) is 0 Å². The summed E-state index contributed by atoms with van der Waals surface area (Å²) < 4.78 is 59.7. The molecule has 4 N–H and O–H groups in total. The van der Waals surface area contributed by atoms with E-state index < -0.39 is 55.6 Å². The fourth-order valence-electron chi connectivity index (χ4n) is 4.33. The van der Waals surface area contributed by atoms with E-state index >= 15 is 0 Å². The lowest BCUT2D eigenvalue weighted by Gasteiger charge is -2.30. The smallest absolute Gasteiger partial charge is 0.327 e.